The number of carbonyl (C=O) groups excluding carboxylic acids is 2. The molecule has 3 heterocycles. The molecule has 1 unspecified atom stereocenters. The van der Waals surface area contributed by atoms with Gasteiger partial charge in [0.15, 0.2) is 9.84 Å². The number of methoxy groups -OCH3 is 1. The standard InChI is InChI=1S/C21H19ClFN3O5S/c1-31-21(28)19(27)18-15-7-9-17(22)25-20(15)26-10-13(4-8-16(18)26)24-11-32(29,30)14-5-2-12(23)3-6-14/h2-3,5-7,9,13,24H,4,8,10-11H2,1H3. The van der Waals surface area contributed by atoms with Crippen LogP contribution in [-0.2, 0) is 32.3 Å². The molecular formula is C21H19ClFN3O5S. The number of ether oxygens (including phenoxy) is 1. The van der Waals surface area contributed by atoms with Crippen molar-refractivity contribution in [2.75, 3.05) is 13.0 Å². The second-order valence-electron chi connectivity index (χ2n) is 7.41. The van der Waals surface area contributed by atoms with Crippen molar-refractivity contribution in [1.82, 2.24) is 14.9 Å². The summed E-state index contributed by atoms with van der Waals surface area (Å²) < 4.78 is 44.6. The van der Waals surface area contributed by atoms with Gasteiger partial charge in [0.25, 0.3) is 5.78 Å². The maximum Gasteiger partial charge on any atom is 0.379 e. The van der Waals surface area contributed by atoms with Crippen LogP contribution in [0.3, 0.4) is 0 Å². The Balaban J connectivity index is 1.61. The normalized spacial score (nSPS) is 16.0. The molecular weight excluding hydrogens is 461 g/mol. The third kappa shape index (κ3) is 4.13. The van der Waals surface area contributed by atoms with Crippen LogP contribution < -0.4 is 5.32 Å². The number of fused-ring (bicyclic) bond motifs is 3. The van der Waals surface area contributed by atoms with E-state index >= 15 is 0 Å². The van der Waals surface area contributed by atoms with Gasteiger partial charge in [-0.25, -0.2) is 22.6 Å². The summed E-state index contributed by atoms with van der Waals surface area (Å²) >= 11 is 6.05. The Hall–Kier alpha value is -2.82. The SMILES string of the molecule is COC(=O)C(=O)c1c2n(c3nc(Cl)ccc13)CC(NCS(=O)(=O)c1ccc(F)cc1)CC2. The Bertz CT molecular complexity index is 1320. The van der Waals surface area contributed by atoms with Crippen LogP contribution in [0.1, 0.15) is 22.5 Å². The molecule has 32 heavy (non-hydrogen) atoms. The average Bonchev–Trinajstić information content (AvgIpc) is 3.10. The molecule has 1 atom stereocenters. The lowest BCUT2D eigenvalue weighted by Crippen LogP contribution is -2.40. The highest BCUT2D eigenvalue weighted by atomic mass is 35.5. The van der Waals surface area contributed by atoms with E-state index in [9.17, 15) is 22.4 Å². The molecule has 1 aliphatic rings. The lowest BCUT2D eigenvalue weighted by molar-refractivity contribution is -0.135. The number of ketones is 1. The van der Waals surface area contributed by atoms with E-state index < -0.39 is 27.4 Å². The molecule has 0 aliphatic carbocycles. The number of halogens is 2. The maximum atomic E-state index is 13.1. The third-order valence-corrected chi connectivity index (χ3v) is 7.19. The van der Waals surface area contributed by atoms with Crippen LogP contribution in [0, 0.1) is 5.82 Å². The Morgan fingerprint density at radius 1 is 1.25 bits per heavy atom. The Kier molecular flexibility index (Phi) is 6.02. The monoisotopic (exact) mass is 479 g/mol. The van der Waals surface area contributed by atoms with Crippen LogP contribution in [-0.4, -0.2) is 48.7 Å². The van der Waals surface area contributed by atoms with Crippen molar-refractivity contribution in [3.8, 4) is 0 Å². The smallest absolute Gasteiger partial charge is 0.379 e. The van der Waals surface area contributed by atoms with Crippen molar-refractivity contribution in [3.05, 3.63) is 58.6 Å². The van der Waals surface area contributed by atoms with E-state index in [1.54, 1.807) is 10.6 Å². The number of sulfone groups is 1. The molecule has 0 saturated heterocycles. The van der Waals surface area contributed by atoms with E-state index in [0.717, 1.165) is 19.2 Å². The number of pyridine rings is 1. The number of carbonyl (C=O) groups is 2. The zero-order valence-corrected chi connectivity index (χ0v) is 18.5. The number of aromatic nitrogens is 2. The Labute approximate surface area is 188 Å². The number of hydrogen-bond donors (Lipinski definition) is 1. The van der Waals surface area contributed by atoms with Crippen LogP contribution >= 0.6 is 11.6 Å². The van der Waals surface area contributed by atoms with Crippen LogP contribution in [0.2, 0.25) is 5.15 Å². The summed E-state index contributed by atoms with van der Waals surface area (Å²) in [5, 5.41) is 3.74. The quantitative estimate of drug-likeness (QED) is 0.190. The molecule has 1 aromatic carbocycles. The summed E-state index contributed by atoms with van der Waals surface area (Å²) in [4.78, 5) is 28.9. The van der Waals surface area contributed by atoms with E-state index in [1.807, 2.05) is 0 Å². The maximum absolute atomic E-state index is 13.1. The molecule has 2 aromatic heterocycles. The van der Waals surface area contributed by atoms with Crippen molar-refractivity contribution < 1.29 is 27.1 Å². The third-order valence-electron chi connectivity index (χ3n) is 5.45. The van der Waals surface area contributed by atoms with Gasteiger partial charge in [0.05, 0.1) is 17.6 Å². The summed E-state index contributed by atoms with van der Waals surface area (Å²) in [5.74, 6) is -2.58. The van der Waals surface area contributed by atoms with Gasteiger partial charge in [-0.2, -0.15) is 0 Å². The summed E-state index contributed by atoms with van der Waals surface area (Å²) in [6.45, 7) is 0.326. The number of Topliss-reactive ketones (excluding diaryl/α,β-unsaturated/α-hetero) is 1. The molecule has 1 N–H and O–H groups in total. The molecule has 1 aliphatic heterocycles. The number of benzene rings is 1. The van der Waals surface area contributed by atoms with Crippen LogP contribution in [0.4, 0.5) is 4.39 Å². The van der Waals surface area contributed by atoms with Crippen molar-refractivity contribution in [2.45, 2.75) is 30.3 Å². The second kappa shape index (κ2) is 8.61. The predicted molar refractivity (Wildman–Crippen MR) is 115 cm³/mol. The summed E-state index contributed by atoms with van der Waals surface area (Å²) in [5.41, 5.74) is 1.30. The van der Waals surface area contributed by atoms with Gasteiger partial charge >= 0.3 is 5.97 Å². The summed E-state index contributed by atoms with van der Waals surface area (Å²) in [7, 11) is -2.52. The molecule has 0 bridgehead atoms. The largest absolute Gasteiger partial charge is 0.463 e. The Morgan fingerprint density at radius 3 is 2.66 bits per heavy atom. The van der Waals surface area contributed by atoms with Gasteiger partial charge in [0.2, 0.25) is 0 Å². The lowest BCUT2D eigenvalue weighted by Gasteiger charge is -2.26. The molecule has 0 spiro atoms. The topological polar surface area (TPSA) is 107 Å². The number of hydrogen-bond acceptors (Lipinski definition) is 7. The molecule has 0 fully saturated rings. The van der Waals surface area contributed by atoms with Crippen molar-refractivity contribution in [1.29, 1.82) is 0 Å². The van der Waals surface area contributed by atoms with Crippen molar-refractivity contribution >= 4 is 44.2 Å². The lowest BCUT2D eigenvalue weighted by atomic mass is 10.00. The van der Waals surface area contributed by atoms with Gasteiger partial charge in [0, 0.05) is 23.7 Å². The fraction of sp³-hybridized carbons (Fsp3) is 0.286. The van der Waals surface area contributed by atoms with Gasteiger partial charge in [-0.1, -0.05) is 11.6 Å². The van der Waals surface area contributed by atoms with Gasteiger partial charge in [0.1, 0.15) is 22.5 Å². The second-order valence-corrected chi connectivity index (χ2v) is 9.79. The minimum Gasteiger partial charge on any atom is -0.463 e. The zero-order valence-electron chi connectivity index (χ0n) is 17.0. The number of esters is 1. The van der Waals surface area contributed by atoms with Crippen molar-refractivity contribution in [2.24, 2.45) is 0 Å². The van der Waals surface area contributed by atoms with Crippen LogP contribution in [0.25, 0.3) is 11.0 Å². The minimum absolute atomic E-state index is 0.0220. The first-order chi connectivity index (χ1) is 15.2. The fourth-order valence-corrected chi connectivity index (χ4v) is 5.21. The van der Waals surface area contributed by atoms with Crippen LogP contribution in [0.15, 0.2) is 41.3 Å². The summed E-state index contributed by atoms with van der Waals surface area (Å²) in [6.07, 6.45) is 0.949. The molecule has 8 nitrogen and oxygen atoms in total. The minimum atomic E-state index is -3.66. The van der Waals surface area contributed by atoms with Gasteiger partial charge in [-0.15, -0.1) is 0 Å². The molecule has 4 rings (SSSR count). The van der Waals surface area contributed by atoms with Gasteiger partial charge in [-0.3, -0.25) is 10.1 Å². The molecule has 11 heteroatoms. The fourth-order valence-electron chi connectivity index (χ4n) is 3.89. The summed E-state index contributed by atoms with van der Waals surface area (Å²) in [6, 6.07) is 7.57. The average molecular weight is 480 g/mol. The van der Waals surface area contributed by atoms with Gasteiger partial charge in [-0.05, 0) is 49.2 Å². The first kappa shape index (κ1) is 22.4. The van der Waals surface area contributed by atoms with Gasteiger partial charge < -0.3 is 9.30 Å². The first-order valence-electron chi connectivity index (χ1n) is 9.73. The van der Waals surface area contributed by atoms with E-state index in [-0.39, 0.29) is 27.5 Å². The number of nitrogens with zero attached hydrogens (tertiary/aromatic N) is 2. The van der Waals surface area contributed by atoms with E-state index in [2.05, 4.69) is 15.0 Å². The Morgan fingerprint density at radius 2 is 1.97 bits per heavy atom. The molecule has 168 valence electrons. The number of nitrogens with one attached hydrogen (secondary N) is 1. The highest BCUT2D eigenvalue weighted by Gasteiger charge is 2.32. The molecule has 0 amide bonds. The highest BCUT2D eigenvalue weighted by Crippen LogP contribution is 2.31. The number of rotatable bonds is 6. The van der Waals surface area contributed by atoms with E-state index in [0.29, 0.717) is 36.1 Å². The molecule has 0 saturated carbocycles. The van der Waals surface area contributed by atoms with E-state index in [1.165, 1.54) is 18.2 Å². The predicted octanol–water partition coefficient (Wildman–Crippen LogP) is 2.52. The highest BCUT2D eigenvalue weighted by molar-refractivity contribution is 7.91. The van der Waals surface area contributed by atoms with E-state index in [4.69, 9.17) is 11.6 Å². The van der Waals surface area contributed by atoms with Crippen molar-refractivity contribution in [3.63, 3.8) is 0 Å². The molecule has 0 radical (unpaired) electrons. The zero-order chi connectivity index (χ0) is 23.0. The van der Waals surface area contributed by atoms with Crippen LogP contribution in [0.5, 0.6) is 0 Å². The molecule has 3 aromatic rings. The first-order valence-corrected chi connectivity index (χ1v) is 11.8.